The van der Waals surface area contributed by atoms with Crippen molar-refractivity contribution in [3.63, 3.8) is 0 Å². The third kappa shape index (κ3) is 10.9. The van der Waals surface area contributed by atoms with Crippen LogP contribution in [-0.2, 0) is 37.9 Å². The van der Waals surface area contributed by atoms with E-state index in [-0.39, 0.29) is 48.8 Å². The molecule has 19 aliphatic rings. The molecule has 12 aliphatic carbocycles. The van der Waals surface area contributed by atoms with Gasteiger partial charge >= 0.3 is 47.8 Å². The number of benzene rings is 4. The van der Waals surface area contributed by atoms with E-state index >= 15 is 0 Å². The fraction of sp³-hybridized carbons (Fsp3) is 0.579. The third-order valence-corrected chi connectivity index (χ3v) is 25.9. The SMILES string of the molecule is O=C1OC2C[C@@H]3C[C@@H]4CC(C[C@@H]4[C@@H]3C2)OC(=O)c2ccc(cc2)C(=O)O[C@@H]2C[C@@H]3C[C@@H]4C[C@@H](C[C@@H]4[C@@H]3C2)OC(=O)c2ccc(cc2)C(=O)OC2C[C@@H]3C[C@@H]4CC(C[C@@H]4[C@@H]3C2)OC(=O)c2ccc(cc2)C(=O)O[C@@H]2C[C@@H]3C[C@@H]4C[C@@H](C[C@@H]4[C@@H]3C2)OC(=O)c2ccc1cc2. The zero-order valence-electron chi connectivity index (χ0n) is 51.8. The van der Waals surface area contributed by atoms with E-state index in [9.17, 15) is 38.4 Å². The Bertz CT molecular complexity index is 2900. The predicted molar refractivity (Wildman–Crippen MR) is 328 cm³/mol. The number of esters is 8. The van der Waals surface area contributed by atoms with Crippen molar-refractivity contribution in [3.05, 3.63) is 142 Å². The van der Waals surface area contributed by atoms with E-state index < -0.39 is 47.8 Å². The Morgan fingerprint density at radius 1 is 0.163 bits per heavy atom. The van der Waals surface area contributed by atoms with E-state index in [0.717, 1.165) is 128 Å². The van der Waals surface area contributed by atoms with Gasteiger partial charge in [-0.15, -0.1) is 0 Å². The number of ether oxygens (including phenoxy) is 8. The van der Waals surface area contributed by atoms with Crippen LogP contribution < -0.4 is 0 Å². The summed E-state index contributed by atoms with van der Waals surface area (Å²) < 4.78 is 48.8. The minimum absolute atomic E-state index is 0.210. The summed E-state index contributed by atoms with van der Waals surface area (Å²) in [5, 5.41) is 0. The summed E-state index contributed by atoms with van der Waals surface area (Å²) in [5.74, 6) is 3.40. The Labute approximate surface area is 535 Å². The fourth-order valence-corrected chi connectivity index (χ4v) is 22.3. The molecule has 16 heteroatoms. The number of rotatable bonds is 0. The van der Waals surface area contributed by atoms with Gasteiger partial charge in [-0.3, -0.25) is 0 Å². The van der Waals surface area contributed by atoms with Crippen molar-refractivity contribution < 1.29 is 76.3 Å². The van der Waals surface area contributed by atoms with Crippen LogP contribution >= 0.6 is 0 Å². The molecule has 4 unspecified atom stereocenters. The van der Waals surface area contributed by atoms with E-state index in [4.69, 9.17) is 37.9 Å². The van der Waals surface area contributed by atoms with Crippen LogP contribution in [0.25, 0.3) is 0 Å². The second kappa shape index (κ2) is 23.3. The molecule has 0 N–H and O–H groups in total. The summed E-state index contributed by atoms with van der Waals surface area (Å²) in [5.41, 5.74) is 3.08. The molecule has 0 radical (unpaired) electrons. The van der Waals surface area contributed by atoms with Crippen molar-refractivity contribution in [2.75, 3.05) is 0 Å². The summed E-state index contributed by atoms with van der Waals surface area (Å²) in [6.45, 7) is 0. The molecule has 4 aromatic rings. The highest BCUT2D eigenvalue weighted by Gasteiger charge is 2.58. The second-order valence-electron chi connectivity index (χ2n) is 30.6. The molecule has 0 spiro atoms. The molecule has 7 heterocycles. The standard InChI is InChI=1S/C76H80O16/c77-69-37-1-2-38(4-3-37)70(78)86-54-22-46-18-48-24-56(32-64(48)62(46)30-54)88-72(80)40-9-11-42(12-10-40)74(82)90-58-26-50-20-52-28-60(36-68(52)66(50)34-58)92-76(84)44-15-13-43(14-16-44)75(83)91-59-27-51-19-49-25-57(33-65(49)67(51)35-59)89-73(81)41-7-5-39(6-8-41)71(79)87-55-23-47-17-45-21-53(85-69)29-61(45)63(47)31-55/h1-16,45-68H,17-36H2/t45-,46+,47+,48-,49-,50+,51+,52-,53+,54?,55-,56?,57?,58-,59?,60+,61+,62-,63-,64+,65+,66-,67-,68+. The summed E-state index contributed by atoms with van der Waals surface area (Å²) in [7, 11) is 0. The van der Waals surface area contributed by atoms with E-state index in [1.165, 1.54) is 0 Å². The van der Waals surface area contributed by atoms with E-state index in [1.54, 1.807) is 97.1 Å². The van der Waals surface area contributed by atoms with Crippen molar-refractivity contribution >= 4 is 47.8 Å². The van der Waals surface area contributed by atoms with Gasteiger partial charge in [0, 0.05) is 0 Å². The monoisotopic (exact) mass is 1250 g/mol. The number of carbonyl (C=O) groups is 8. The molecule has 0 amide bonds. The number of carbonyl (C=O) groups excluding carboxylic acids is 8. The first-order valence-electron chi connectivity index (χ1n) is 34.8. The van der Waals surface area contributed by atoms with Gasteiger partial charge in [0.05, 0.1) is 44.5 Å². The Morgan fingerprint density at radius 2 is 0.272 bits per heavy atom. The maximum absolute atomic E-state index is 13.5. The van der Waals surface area contributed by atoms with Gasteiger partial charge in [-0.1, -0.05) is 0 Å². The Balaban J connectivity index is 0.530. The average Bonchev–Trinajstić information content (AvgIpc) is 1.65. The average molecular weight is 1250 g/mol. The zero-order valence-corrected chi connectivity index (χ0v) is 51.8. The first kappa shape index (κ1) is 58.5. The van der Waals surface area contributed by atoms with E-state index in [1.807, 2.05) is 0 Å². The smallest absolute Gasteiger partial charge is 0.338 e. The Kier molecular flexibility index (Phi) is 14.8. The lowest BCUT2D eigenvalue weighted by Gasteiger charge is -2.19. The molecule has 12 fully saturated rings. The molecular weight excluding hydrogens is 1170 g/mol. The summed E-state index contributed by atoms with van der Waals surface area (Å²) in [6, 6.07) is 26.3. The lowest BCUT2D eigenvalue weighted by Crippen LogP contribution is -2.20. The summed E-state index contributed by atoms with van der Waals surface area (Å²) in [6.07, 6.45) is 15.0. The first-order chi connectivity index (χ1) is 44.7. The Morgan fingerprint density at radius 3 is 0.380 bits per heavy atom. The third-order valence-electron chi connectivity index (χ3n) is 25.9. The maximum Gasteiger partial charge on any atom is 0.338 e. The molecule has 4 aromatic carbocycles. The summed E-state index contributed by atoms with van der Waals surface area (Å²) in [4.78, 5) is 108. The molecule has 24 atom stereocenters. The highest BCUT2D eigenvalue weighted by atomic mass is 16.6. The number of hydrogen-bond acceptors (Lipinski definition) is 16. The molecule has 16 nitrogen and oxygen atoms in total. The molecule has 7 aliphatic heterocycles. The largest absolute Gasteiger partial charge is 0.459 e. The van der Waals surface area contributed by atoms with Gasteiger partial charge in [-0.2, -0.15) is 0 Å². The van der Waals surface area contributed by atoms with Gasteiger partial charge in [0.1, 0.15) is 48.8 Å². The molecule has 0 saturated heterocycles. The highest BCUT2D eigenvalue weighted by Crippen LogP contribution is 2.62. The van der Waals surface area contributed by atoms with Crippen LogP contribution in [0, 0.1) is 94.7 Å². The zero-order chi connectivity index (χ0) is 62.2. The van der Waals surface area contributed by atoms with Crippen molar-refractivity contribution in [2.24, 2.45) is 94.7 Å². The minimum Gasteiger partial charge on any atom is -0.459 e. The van der Waals surface area contributed by atoms with Gasteiger partial charge in [0.2, 0.25) is 0 Å². The van der Waals surface area contributed by atoms with Crippen LogP contribution in [0.1, 0.15) is 211 Å². The minimum atomic E-state index is -0.408. The summed E-state index contributed by atoms with van der Waals surface area (Å²) >= 11 is 0. The van der Waals surface area contributed by atoms with Crippen molar-refractivity contribution in [3.8, 4) is 0 Å². The van der Waals surface area contributed by atoms with E-state index in [0.29, 0.717) is 139 Å². The Hall–Kier alpha value is -7.36. The van der Waals surface area contributed by atoms with Crippen molar-refractivity contribution in [1.82, 2.24) is 0 Å². The first-order valence-corrected chi connectivity index (χ1v) is 34.8. The predicted octanol–water partition coefficient (Wildman–Crippen LogP) is 12.8. The molecule has 23 rings (SSSR count). The van der Waals surface area contributed by atoms with Gasteiger partial charge in [-0.05, 0) is 320 Å². The van der Waals surface area contributed by atoms with Crippen LogP contribution in [0.3, 0.4) is 0 Å². The van der Waals surface area contributed by atoms with E-state index in [2.05, 4.69) is 0 Å². The van der Waals surface area contributed by atoms with Crippen LogP contribution in [-0.4, -0.2) is 96.6 Å². The topological polar surface area (TPSA) is 210 Å². The van der Waals surface area contributed by atoms with Crippen LogP contribution in [0.15, 0.2) is 97.1 Å². The van der Waals surface area contributed by atoms with Crippen LogP contribution in [0.5, 0.6) is 0 Å². The maximum atomic E-state index is 13.5. The molecule has 12 saturated carbocycles. The lowest BCUT2D eigenvalue weighted by molar-refractivity contribution is 0.0266. The fourth-order valence-electron chi connectivity index (χ4n) is 22.3. The highest BCUT2D eigenvalue weighted by molar-refractivity contribution is 5.96. The molecule has 24 bridgehead atoms. The van der Waals surface area contributed by atoms with Gasteiger partial charge in [0.25, 0.3) is 0 Å². The van der Waals surface area contributed by atoms with Crippen LogP contribution in [0.4, 0.5) is 0 Å². The lowest BCUT2D eigenvalue weighted by atomic mass is 9.89. The van der Waals surface area contributed by atoms with Gasteiger partial charge in [-0.25, -0.2) is 38.4 Å². The van der Waals surface area contributed by atoms with Crippen molar-refractivity contribution in [2.45, 2.75) is 177 Å². The van der Waals surface area contributed by atoms with Gasteiger partial charge < -0.3 is 37.9 Å². The quantitative estimate of drug-likeness (QED) is 0.118. The normalized spacial score (nSPS) is 41.0. The molecular formula is C76H80O16. The molecule has 0 aromatic heterocycles. The van der Waals surface area contributed by atoms with Crippen molar-refractivity contribution in [1.29, 1.82) is 0 Å². The van der Waals surface area contributed by atoms with Gasteiger partial charge in [0.15, 0.2) is 0 Å². The second-order valence-corrected chi connectivity index (χ2v) is 30.6. The molecule has 480 valence electrons. The molecule has 92 heavy (non-hydrogen) atoms. The van der Waals surface area contributed by atoms with Crippen LogP contribution in [0.2, 0.25) is 0 Å². The number of hydrogen-bond donors (Lipinski definition) is 0.